The van der Waals surface area contributed by atoms with Gasteiger partial charge >= 0.3 is 0 Å². The van der Waals surface area contributed by atoms with E-state index in [1.54, 1.807) is 18.2 Å². The van der Waals surface area contributed by atoms with E-state index in [9.17, 15) is 9.59 Å². The van der Waals surface area contributed by atoms with Crippen molar-refractivity contribution in [3.8, 4) is 0 Å². The average Bonchev–Trinajstić information content (AvgIpc) is 3.42. The van der Waals surface area contributed by atoms with Gasteiger partial charge in [-0.05, 0) is 48.7 Å². The minimum atomic E-state index is -0.160. The molecule has 0 atom stereocenters. The number of aromatic nitrogens is 2. The van der Waals surface area contributed by atoms with Gasteiger partial charge in [0.15, 0.2) is 0 Å². The van der Waals surface area contributed by atoms with Crippen molar-refractivity contribution >= 4 is 28.9 Å². The molecule has 0 spiro atoms. The van der Waals surface area contributed by atoms with Crippen molar-refractivity contribution in [1.29, 1.82) is 0 Å². The molecular formula is C22H22N4O2. The number of hydrogen-bond acceptors (Lipinski definition) is 3. The third kappa shape index (κ3) is 4.65. The molecule has 1 fully saturated rings. The van der Waals surface area contributed by atoms with Crippen LogP contribution in [0, 0.1) is 0 Å². The number of para-hydroxylation sites is 2. The van der Waals surface area contributed by atoms with Crippen LogP contribution in [0.4, 0.5) is 0 Å². The monoisotopic (exact) mass is 374 g/mol. The minimum absolute atomic E-state index is 0.0404. The van der Waals surface area contributed by atoms with Crippen LogP contribution in [0.3, 0.4) is 0 Å². The van der Waals surface area contributed by atoms with Gasteiger partial charge in [-0.3, -0.25) is 9.59 Å². The van der Waals surface area contributed by atoms with E-state index >= 15 is 0 Å². The van der Waals surface area contributed by atoms with E-state index in [1.807, 2.05) is 36.4 Å². The molecule has 1 heterocycles. The highest BCUT2D eigenvalue weighted by Gasteiger charge is 2.23. The Kier molecular flexibility index (Phi) is 5.19. The van der Waals surface area contributed by atoms with Gasteiger partial charge < -0.3 is 15.6 Å². The maximum absolute atomic E-state index is 12.0. The first-order valence-electron chi connectivity index (χ1n) is 9.48. The number of nitrogens with zero attached hydrogens (tertiary/aromatic N) is 1. The Hall–Kier alpha value is -3.41. The molecule has 0 unspecified atom stereocenters. The standard InChI is InChI=1S/C22H22N4O2/c27-21(23-14-13-20-25-18-3-1-2-4-19(18)26-20)12-7-15-5-8-16(9-6-15)22(28)24-17-10-11-17/h1-9,12,17H,10-11,13-14H2,(H,23,27)(H,24,28)(H,25,26)/b12-7+. The summed E-state index contributed by atoms with van der Waals surface area (Å²) in [6.07, 6.45) is 6.01. The van der Waals surface area contributed by atoms with Crippen LogP contribution in [0.25, 0.3) is 17.1 Å². The van der Waals surface area contributed by atoms with Gasteiger partial charge in [-0.25, -0.2) is 4.98 Å². The molecule has 0 radical (unpaired) electrons. The number of carbonyl (C=O) groups excluding carboxylic acids is 2. The second-order valence-electron chi connectivity index (χ2n) is 6.94. The van der Waals surface area contributed by atoms with Crippen molar-refractivity contribution in [2.45, 2.75) is 25.3 Å². The second-order valence-corrected chi connectivity index (χ2v) is 6.94. The first kappa shape index (κ1) is 18.0. The fourth-order valence-corrected chi connectivity index (χ4v) is 2.90. The van der Waals surface area contributed by atoms with Crippen LogP contribution >= 0.6 is 0 Å². The van der Waals surface area contributed by atoms with Crippen molar-refractivity contribution < 1.29 is 9.59 Å². The summed E-state index contributed by atoms with van der Waals surface area (Å²) in [5, 5.41) is 5.81. The van der Waals surface area contributed by atoms with Crippen molar-refractivity contribution in [1.82, 2.24) is 20.6 Å². The molecule has 1 aliphatic carbocycles. The predicted octanol–water partition coefficient (Wildman–Crippen LogP) is 2.83. The summed E-state index contributed by atoms with van der Waals surface area (Å²) in [5.41, 5.74) is 3.44. The summed E-state index contributed by atoms with van der Waals surface area (Å²) in [7, 11) is 0. The van der Waals surface area contributed by atoms with Crippen LogP contribution in [-0.2, 0) is 11.2 Å². The molecule has 3 N–H and O–H groups in total. The maximum atomic E-state index is 12.0. The third-order valence-corrected chi connectivity index (χ3v) is 4.61. The molecule has 1 saturated carbocycles. The lowest BCUT2D eigenvalue weighted by Crippen LogP contribution is -2.25. The number of hydrogen-bond donors (Lipinski definition) is 3. The summed E-state index contributed by atoms with van der Waals surface area (Å²) in [5.74, 6) is 0.651. The van der Waals surface area contributed by atoms with Crippen LogP contribution < -0.4 is 10.6 Å². The van der Waals surface area contributed by atoms with E-state index in [-0.39, 0.29) is 11.8 Å². The number of H-pyrrole nitrogens is 1. The largest absolute Gasteiger partial charge is 0.352 e. The highest BCUT2D eigenvalue weighted by molar-refractivity contribution is 5.95. The van der Waals surface area contributed by atoms with E-state index in [0.717, 1.165) is 35.3 Å². The van der Waals surface area contributed by atoms with Crippen LogP contribution in [0.2, 0.25) is 0 Å². The van der Waals surface area contributed by atoms with Gasteiger partial charge in [0.1, 0.15) is 5.82 Å². The molecule has 6 nitrogen and oxygen atoms in total. The fourth-order valence-electron chi connectivity index (χ4n) is 2.90. The zero-order valence-corrected chi connectivity index (χ0v) is 15.4. The lowest BCUT2D eigenvalue weighted by atomic mass is 10.1. The number of nitrogens with one attached hydrogen (secondary N) is 3. The fraction of sp³-hybridized carbons (Fsp3) is 0.227. The molecule has 1 aromatic heterocycles. The van der Waals surface area contributed by atoms with E-state index in [0.29, 0.717) is 24.6 Å². The Bertz CT molecular complexity index is 983. The molecule has 28 heavy (non-hydrogen) atoms. The molecule has 1 aliphatic rings. The molecule has 0 saturated heterocycles. The van der Waals surface area contributed by atoms with Crippen LogP contribution in [0.5, 0.6) is 0 Å². The predicted molar refractivity (Wildman–Crippen MR) is 109 cm³/mol. The zero-order chi connectivity index (χ0) is 19.3. The van der Waals surface area contributed by atoms with Gasteiger partial charge in [0, 0.05) is 30.6 Å². The zero-order valence-electron chi connectivity index (χ0n) is 15.4. The summed E-state index contributed by atoms with van der Waals surface area (Å²) in [6.45, 7) is 0.503. The van der Waals surface area contributed by atoms with Gasteiger partial charge in [0.2, 0.25) is 5.91 Å². The number of aromatic amines is 1. The van der Waals surface area contributed by atoms with Gasteiger partial charge in [0.05, 0.1) is 11.0 Å². The van der Waals surface area contributed by atoms with Crippen molar-refractivity contribution in [2.24, 2.45) is 0 Å². The molecule has 6 heteroatoms. The van der Waals surface area contributed by atoms with Crippen LogP contribution in [-0.4, -0.2) is 34.4 Å². The molecule has 2 amide bonds. The SMILES string of the molecule is O=C(/C=C/c1ccc(C(=O)NC2CC2)cc1)NCCc1nc2ccccc2[nH]1. The molecule has 0 bridgehead atoms. The Morgan fingerprint density at radius 3 is 2.64 bits per heavy atom. The number of benzene rings is 2. The van der Waals surface area contributed by atoms with E-state index in [1.165, 1.54) is 6.08 Å². The smallest absolute Gasteiger partial charge is 0.251 e. The molecule has 3 aromatic rings. The number of imidazole rings is 1. The number of fused-ring (bicyclic) bond motifs is 1. The number of carbonyl (C=O) groups is 2. The topological polar surface area (TPSA) is 86.9 Å². The van der Waals surface area contributed by atoms with Crippen molar-refractivity contribution in [2.75, 3.05) is 6.54 Å². The van der Waals surface area contributed by atoms with Crippen molar-refractivity contribution in [3.05, 3.63) is 71.6 Å². The van der Waals surface area contributed by atoms with Crippen LogP contribution in [0.15, 0.2) is 54.6 Å². The summed E-state index contributed by atoms with van der Waals surface area (Å²) in [6, 6.07) is 15.4. The van der Waals surface area contributed by atoms with Gasteiger partial charge in [0.25, 0.3) is 5.91 Å². The molecule has 142 valence electrons. The quantitative estimate of drug-likeness (QED) is 0.556. The first-order valence-corrected chi connectivity index (χ1v) is 9.48. The Balaban J connectivity index is 1.24. The Morgan fingerprint density at radius 1 is 1.11 bits per heavy atom. The second kappa shape index (κ2) is 8.08. The Morgan fingerprint density at radius 2 is 1.89 bits per heavy atom. The van der Waals surface area contributed by atoms with Crippen molar-refractivity contribution in [3.63, 3.8) is 0 Å². The van der Waals surface area contributed by atoms with Crippen LogP contribution in [0.1, 0.15) is 34.6 Å². The number of amides is 2. The van der Waals surface area contributed by atoms with Gasteiger partial charge in [-0.15, -0.1) is 0 Å². The highest BCUT2D eigenvalue weighted by atomic mass is 16.2. The Labute approximate surface area is 163 Å². The highest BCUT2D eigenvalue weighted by Crippen LogP contribution is 2.19. The third-order valence-electron chi connectivity index (χ3n) is 4.61. The lowest BCUT2D eigenvalue weighted by Gasteiger charge is -2.03. The maximum Gasteiger partial charge on any atom is 0.251 e. The normalized spacial score (nSPS) is 13.7. The average molecular weight is 374 g/mol. The van der Waals surface area contributed by atoms with E-state index < -0.39 is 0 Å². The number of rotatable bonds is 7. The summed E-state index contributed by atoms with van der Waals surface area (Å²) < 4.78 is 0. The summed E-state index contributed by atoms with van der Waals surface area (Å²) in [4.78, 5) is 31.7. The minimum Gasteiger partial charge on any atom is -0.352 e. The molecule has 2 aromatic carbocycles. The first-order chi connectivity index (χ1) is 13.7. The molecular weight excluding hydrogens is 352 g/mol. The molecule has 4 rings (SSSR count). The van der Waals surface area contributed by atoms with E-state index in [4.69, 9.17) is 0 Å². The van der Waals surface area contributed by atoms with Gasteiger partial charge in [-0.2, -0.15) is 0 Å². The van der Waals surface area contributed by atoms with E-state index in [2.05, 4.69) is 20.6 Å². The summed E-state index contributed by atoms with van der Waals surface area (Å²) >= 11 is 0. The molecule has 0 aliphatic heterocycles. The van der Waals surface area contributed by atoms with Gasteiger partial charge in [-0.1, -0.05) is 24.3 Å². The lowest BCUT2D eigenvalue weighted by molar-refractivity contribution is -0.116.